The highest BCUT2D eigenvalue weighted by atomic mass is 35.5. The molecule has 2 rings (SSSR count). The smallest absolute Gasteiger partial charge is 0.416 e. The lowest BCUT2D eigenvalue weighted by Gasteiger charge is -2.18. The van der Waals surface area contributed by atoms with E-state index in [4.69, 9.17) is 25.8 Å². The Morgan fingerprint density at radius 2 is 1.81 bits per heavy atom. The molecule has 0 amide bonds. The summed E-state index contributed by atoms with van der Waals surface area (Å²) in [5.74, 6) is -1.03. The number of nitrogens with zero attached hydrogens (tertiary/aromatic N) is 1. The molecule has 0 bridgehead atoms. The van der Waals surface area contributed by atoms with Gasteiger partial charge in [-0.25, -0.2) is 4.79 Å². The second-order valence-electron chi connectivity index (χ2n) is 6.63. The third-order valence-electron chi connectivity index (χ3n) is 3.87. The highest BCUT2D eigenvalue weighted by molar-refractivity contribution is 6.32. The lowest BCUT2D eigenvalue weighted by Crippen LogP contribution is -2.30. The molecular weight excluding hydrogens is 443 g/mol. The van der Waals surface area contributed by atoms with Gasteiger partial charge in [0.1, 0.15) is 11.5 Å². The van der Waals surface area contributed by atoms with Crippen LogP contribution in [0.25, 0.3) is 0 Å². The van der Waals surface area contributed by atoms with Crippen LogP contribution < -0.4 is 9.47 Å². The summed E-state index contributed by atoms with van der Waals surface area (Å²) in [6.45, 7) is 4.97. The molecule has 0 aliphatic carbocycles. The third-order valence-corrected chi connectivity index (χ3v) is 4.16. The van der Waals surface area contributed by atoms with Gasteiger partial charge in [0.15, 0.2) is 11.9 Å². The molecule has 7 nitrogen and oxygen atoms in total. The van der Waals surface area contributed by atoms with Crippen molar-refractivity contribution in [3.05, 3.63) is 57.1 Å². The number of halogens is 4. The van der Waals surface area contributed by atoms with Gasteiger partial charge in [0.05, 0.1) is 27.7 Å². The minimum Gasteiger partial charge on any atom is -0.472 e. The van der Waals surface area contributed by atoms with E-state index in [9.17, 15) is 28.1 Å². The van der Waals surface area contributed by atoms with Crippen LogP contribution in [0.15, 0.2) is 36.4 Å². The van der Waals surface area contributed by atoms with Gasteiger partial charge in [-0.1, -0.05) is 18.5 Å². The maximum absolute atomic E-state index is 12.8. The lowest BCUT2D eigenvalue weighted by molar-refractivity contribution is -0.386. The summed E-state index contributed by atoms with van der Waals surface area (Å²) in [7, 11) is 0. The molecule has 11 heteroatoms. The maximum Gasteiger partial charge on any atom is 0.416 e. The van der Waals surface area contributed by atoms with Crippen molar-refractivity contribution >= 4 is 23.3 Å². The third kappa shape index (κ3) is 6.48. The maximum atomic E-state index is 12.8. The molecule has 0 aliphatic heterocycles. The van der Waals surface area contributed by atoms with Crippen LogP contribution in [0.2, 0.25) is 5.02 Å². The summed E-state index contributed by atoms with van der Waals surface area (Å²) >= 11 is 5.85. The molecular formula is C20H19ClF3NO6. The summed E-state index contributed by atoms with van der Waals surface area (Å²) in [6.07, 6.45) is -5.81. The van der Waals surface area contributed by atoms with Gasteiger partial charge in [-0.2, -0.15) is 13.2 Å². The van der Waals surface area contributed by atoms with Crippen LogP contribution in [0.1, 0.15) is 32.8 Å². The van der Waals surface area contributed by atoms with Gasteiger partial charge in [0.2, 0.25) is 0 Å². The Morgan fingerprint density at radius 1 is 1.16 bits per heavy atom. The first-order valence-corrected chi connectivity index (χ1v) is 9.50. The van der Waals surface area contributed by atoms with Crippen molar-refractivity contribution in [1.82, 2.24) is 0 Å². The van der Waals surface area contributed by atoms with Gasteiger partial charge in [0, 0.05) is 0 Å². The summed E-state index contributed by atoms with van der Waals surface area (Å²) in [4.78, 5) is 22.8. The molecule has 31 heavy (non-hydrogen) atoms. The molecule has 2 aromatic carbocycles. The van der Waals surface area contributed by atoms with E-state index < -0.39 is 34.4 Å². The fourth-order valence-electron chi connectivity index (χ4n) is 2.45. The van der Waals surface area contributed by atoms with Crippen molar-refractivity contribution in [1.29, 1.82) is 0 Å². The van der Waals surface area contributed by atoms with Crippen molar-refractivity contribution in [2.45, 2.75) is 45.6 Å². The average molecular weight is 462 g/mol. The van der Waals surface area contributed by atoms with Crippen molar-refractivity contribution in [3.63, 3.8) is 0 Å². The largest absolute Gasteiger partial charge is 0.472 e. The van der Waals surface area contributed by atoms with Gasteiger partial charge in [-0.3, -0.25) is 10.1 Å². The molecule has 168 valence electrons. The van der Waals surface area contributed by atoms with E-state index in [-0.39, 0.29) is 34.8 Å². The molecule has 0 N–H and O–H groups in total. The number of nitro groups is 1. The zero-order chi connectivity index (χ0) is 23.3. The van der Waals surface area contributed by atoms with Gasteiger partial charge in [0.25, 0.3) is 0 Å². The molecule has 1 atom stereocenters. The van der Waals surface area contributed by atoms with Crippen LogP contribution in [0.5, 0.6) is 17.2 Å². The molecule has 0 saturated heterocycles. The van der Waals surface area contributed by atoms with E-state index >= 15 is 0 Å². The Morgan fingerprint density at radius 3 is 2.32 bits per heavy atom. The van der Waals surface area contributed by atoms with Crippen molar-refractivity contribution in [2.24, 2.45) is 0 Å². The van der Waals surface area contributed by atoms with Gasteiger partial charge in [-0.15, -0.1) is 0 Å². The molecule has 0 fully saturated rings. The number of carbonyl (C=O) groups is 1. The second-order valence-corrected chi connectivity index (χ2v) is 7.04. The highest BCUT2D eigenvalue weighted by Crippen LogP contribution is 2.38. The predicted octanol–water partition coefficient (Wildman–Crippen LogP) is 6.17. The molecule has 2 aromatic rings. The number of carbonyl (C=O) groups excluding carboxylic acids is 1. The van der Waals surface area contributed by atoms with E-state index in [1.807, 2.05) is 0 Å². The first-order valence-electron chi connectivity index (χ1n) is 9.12. The zero-order valence-electron chi connectivity index (χ0n) is 16.7. The monoisotopic (exact) mass is 461 g/mol. The van der Waals surface area contributed by atoms with E-state index in [0.29, 0.717) is 6.07 Å². The molecule has 0 aliphatic rings. The minimum absolute atomic E-state index is 0.0569. The van der Waals surface area contributed by atoms with Crippen LogP contribution in [-0.4, -0.2) is 23.1 Å². The zero-order valence-corrected chi connectivity index (χ0v) is 17.5. The molecule has 0 spiro atoms. The average Bonchev–Trinajstić information content (AvgIpc) is 2.66. The van der Waals surface area contributed by atoms with Crippen LogP contribution >= 0.6 is 11.6 Å². The first kappa shape index (κ1) is 24.3. The summed E-state index contributed by atoms with van der Waals surface area (Å²) in [5.41, 5.74) is -1.46. The number of nitro benzene ring substituents is 1. The van der Waals surface area contributed by atoms with Crippen molar-refractivity contribution in [2.75, 3.05) is 0 Å². The molecule has 1 unspecified atom stereocenters. The van der Waals surface area contributed by atoms with Crippen molar-refractivity contribution in [3.8, 4) is 17.2 Å². The topological polar surface area (TPSA) is 87.9 Å². The Balaban J connectivity index is 2.28. The fourth-order valence-corrected chi connectivity index (χ4v) is 2.67. The molecule has 0 saturated carbocycles. The van der Waals surface area contributed by atoms with E-state index in [0.717, 1.165) is 18.2 Å². The van der Waals surface area contributed by atoms with E-state index in [1.54, 1.807) is 20.8 Å². The number of benzene rings is 2. The number of hydrogen-bond acceptors (Lipinski definition) is 6. The summed E-state index contributed by atoms with van der Waals surface area (Å²) < 4.78 is 54.2. The number of ether oxygens (including phenoxy) is 3. The second kappa shape index (κ2) is 9.86. The quantitative estimate of drug-likeness (QED) is 0.265. The van der Waals surface area contributed by atoms with Crippen LogP contribution in [-0.2, 0) is 15.7 Å². The molecule has 0 heterocycles. The van der Waals surface area contributed by atoms with Crippen LogP contribution in [0, 0.1) is 10.1 Å². The molecule has 0 aromatic heterocycles. The van der Waals surface area contributed by atoms with E-state index in [1.165, 1.54) is 12.1 Å². The SMILES string of the molecule is CCC(Oc1ccc(Oc2ccc(C(F)(F)F)cc2Cl)cc1[N+](=O)[O-])C(=O)OC(C)C. The number of rotatable bonds is 8. The number of alkyl halides is 3. The number of hydrogen-bond donors (Lipinski definition) is 0. The van der Waals surface area contributed by atoms with Gasteiger partial charge >= 0.3 is 17.8 Å². The first-order chi connectivity index (χ1) is 14.4. The lowest BCUT2D eigenvalue weighted by atomic mass is 10.2. The van der Waals surface area contributed by atoms with Crippen LogP contribution in [0.3, 0.4) is 0 Å². The highest BCUT2D eigenvalue weighted by Gasteiger charge is 2.31. The number of esters is 1. The fraction of sp³-hybridized carbons (Fsp3) is 0.350. The normalized spacial score (nSPS) is 12.4. The Bertz CT molecular complexity index is 964. The summed E-state index contributed by atoms with van der Waals surface area (Å²) in [5, 5.41) is 11.1. The Kier molecular flexibility index (Phi) is 7.72. The minimum atomic E-state index is -4.58. The van der Waals surface area contributed by atoms with Gasteiger partial charge in [-0.05, 0) is 50.6 Å². The standard InChI is InChI=1S/C20H19ClF3NO6/c1-4-16(19(26)29-11(2)3)31-18-8-6-13(10-15(18)25(27)28)30-17-7-5-12(9-14(17)21)20(22,23)24/h5-11,16H,4H2,1-3H3. The molecule has 0 radical (unpaired) electrons. The summed E-state index contributed by atoms with van der Waals surface area (Å²) in [6, 6.07) is 6.02. The Hall–Kier alpha value is -3.01. The van der Waals surface area contributed by atoms with Crippen LogP contribution in [0.4, 0.5) is 18.9 Å². The van der Waals surface area contributed by atoms with Crippen molar-refractivity contribution < 1.29 is 37.1 Å². The predicted molar refractivity (Wildman–Crippen MR) is 106 cm³/mol. The van der Waals surface area contributed by atoms with Gasteiger partial charge < -0.3 is 14.2 Å². The Labute approximate surface area is 180 Å². The van der Waals surface area contributed by atoms with E-state index in [2.05, 4.69) is 0 Å².